The summed E-state index contributed by atoms with van der Waals surface area (Å²) in [4.78, 5) is 4.26. The van der Waals surface area contributed by atoms with Crippen molar-refractivity contribution in [1.82, 2.24) is 25.4 Å². The van der Waals surface area contributed by atoms with Gasteiger partial charge in [-0.1, -0.05) is 36.7 Å². The molecule has 0 aliphatic heterocycles. The molecule has 1 aromatic heterocycles. The molecule has 8 heteroatoms. The Balaban J connectivity index is 0.00000288. The maximum atomic E-state index is 6.23. The molecule has 1 unspecified atom stereocenters. The number of hydrogen-bond donors (Lipinski definition) is 2. The van der Waals surface area contributed by atoms with E-state index in [-0.39, 0.29) is 30.0 Å². The third-order valence-electron chi connectivity index (χ3n) is 3.61. The SMILES string of the molecule is CCc1nncn1CCNC(=NC)NC(C)c1ccccc1Cl.I. The third kappa shape index (κ3) is 5.62. The van der Waals surface area contributed by atoms with Crippen LogP contribution >= 0.6 is 35.6 Å². The minimum Gasteiger partial charge on any atom is -0.355 e. The van der Waals surface area contributed by atoms with Gasteiger partial charge in [-0.15, -0.1) is 34.2 Å². The fourth-order valence-corrected chi connectivity index (χ4v) is 2.64. The van der Waals surface area contributed by atoms with Crippen molar-refractivity contribution in [2.24, 2.45) is 4.99 Å². The number of aliphatic imine (C=N–C) groups is 1. The smallest absolute Gasteiger partial charge is 0.191 e. The number of halogens is 2. The quantitative estimate of drug-likeness (QED) is 0.393. The summed E-state index contributed by atoms with van der Waals surface area (Å²) < 4.78 is 2.04. The van der Waals surface area contributed by atoms with E-state index in [2.05, 4.69) is 39.7 Å². The van der Waals surface area contributed by atoms with Crippen LogP contribution in [0.5, 0.6) is 0 Å². The minimum absolute atomic E-state index is 0. The third-order valence-corrected chi connectivity index (χ3v) is 3.95. The fourth-order valence-electron chi connectivity index (χ4n) is 2.34. The molecule has 1 atom stereocenters. The van der Waals surface area contributed by atoms with E-state index in [1.165, 1.54) is 0 Å². The van der Waals surface area contributed by atoms with Crippen molar-refractivity contribution < 1.29 is 0 Å². The summed E-state index contributed by atoms with van der Waals surface area (Å²) in [6, 6.07) is 7.88. The highest BCUT2D eigenvalue weighted by atomic mass is 127. The van der Waals surface area contributed by atoms with Crippen molar-refractivity contribution >= 4 is 41.5 Å². The number of aryl methyl sites for hydroxylation is 1. The highest BCUT2D eigenvalue weighted by Crippen LogP contribution is 2.21. The van der Waals surface area contributed by atoms with Crippen molar-refractivity contribution in [3.8, 4) is 0 Å². The molecule has 24 heavy (non-hydrogen) atoms. The van der Waals surface area contributed by atoms with Gasteiger partial charge in [-0.3, -0.25) is 4.99 Å². The van der Waals surface area contributed by atoms with Gasteiger partial charge in [-0.2, -0.15) is 0 Å². The number of nitrogens with zero attached hydrogens (tertiary/aromatic N) is 4. The standard InChI is InChI=1S/C16H23ClN6.HI/c1-4-15-22-20-11-23(15)10-9-19-16(18-3)21-12(2)13-7-5-6-8-14(13)17;/h5-8,11-12H,4,9-10H2,1-3H3,(H2,18,19,21);1H. The van der Waals surface area contributed by atoms with Crippen molar-refractivity contribution in [1.29, 1.82) is 0 Å². The molecule has 0 bridgehead atoms. The summed E-state index contributed by atoms with van der Waals surface area (Å²) in [5.74, 6) is 1.72. The molecule has 0 spiro atoms. The van der Waals surface area contributed by atoms with Gasteiger partial charge in [0.05, 0.1) is 6.04 Å². The van der Waals surface area contributed by atoms with Crippen LogP contribution in [0.15, 0.2) is 35.6 Å². The Kier molecular flexibility index (Phi) is 9.05. The second kappa shape index (κ2) is 10.5. The van der Waals surface area contributed by atoms with E-state index in [1.54, 1.807) is 13.4 Å². The Hall–Kier alpha value is -1.35. The van der Waals surface area contributed by atoms with E-state index in [1.807, 2.05) is 28.8 Å². The molecule has 0 aliphatic rings. The largest absolute Gasteiger partial charge is 0.355 e. The predicted molar refractivity (Wildman–Crippen MR) is 109 cm³/mol. The van der Waals surface area contributed by atoms with Gasteiger partial charge < -0.3 is 15.2 Å². The lowest BCUT2D eigenvalue weighted by Gasteiger charge is -2.19. The molecule has 2 aromatic rings. The van der Waals surface area contributed by atoms with E-state index < -0.39 is 0 Å². The monoisotopic (exact) mass is 462 g/mol. The van der Waals surface area contributed by atoms with Crippen LogP contribution in [0, 0.1) is 0 Å². The normalized spacial score (nSPS) is 12.4. The number of benzene rings is 1. The van der Waals surface area contributed by atoms with Crippen molar-refractivity contribution in [3.05, 3.63) is 47.0 Å². The van der Waals surface area contributed by atoms with Gasteiger partial charge in [0.25, 0.3) is 0 Å². The Morgan fingerprint density at radius 2 is 2.12 bits per heavy atom. The zero-order valence-electron chi connectivity index (χ0n) is 14.2. The zero-order chi connectivity index (χ0) is 16.7. The molecule has 0 fully saturated rings. The topological polar surface area (TPSA) is 67.1 Å². The van der Waals surface area contributed by atoms with Crippen LogP contribution in [0.25, 0.3) is 0 Å². The first-order valence-corrected chi connectivity index (χ1v) is 8.11. The maximum absolute atomic E-state index is 6.23. The Morgan fingerprint density at radius 3 is 2.79 bits per heavy atom. The highest BCUT2D eigenvalue weighted by Gasteiger charge is 2.10. The number of rotatable bonds is 6. The van der Waals surface area contributed by atoms with Crippen LogP contribution in [0.3, 0.4) is 0 Å². The summed E-state index contributed by atoms with van der Waals surface area (Å²) in [7, 11) is 1.75. The van der Waals surface area contributed by atoms with Crippen LogP contribution in [0.4, 0.5) is 0 Å². The summed E-state index contributed by atoms with van der Waals surface area (Å²) in [6.45, 7) is 5.65. The first kappa shape index (κ1) is 20.7. The predicted octanol–water partition coefficient (Wildman–Crippen LogP) is 3.04. The van der Waals surface area contributed by atoms with Gasteiger partial charge >= 0.3 is 0 Å². The number of nitrogens with one attached hydrogen (secondary N) is 2. The first-order valence-electron chi connectivity index (χ1n) is 7.74. The Bertz CT molecular complexity index is 658. The molecule has 1 heterocycles. The molecule has 2 N–H and O–H groups in total. The molecule has 0 saturated heterocycles. The summed E-state index contributed by atoms with van der Waals surface area (Å²) in [6.07, 6.45) is 2.62. The number of guanidine groups is 1. The van der Waals surface area contributed by atoms with Gasteiger partial charge in [0.2, 0.25) is 0 Å². The van der Waals surface area contributed by atoms with Crippen LogP contribution in [0.2, 0.25) is 5.02 Å². The summed E-state index contributed by atoms with van der Waals surface area (Å²) in [5.41, 5.74) is 1.05. The van der Waals surface area contributed by atoms with Gasteiger partial charge in [0.1, 0.15) is 12.2 Å². The Labute approximate surface area is 165 Å². The van der Waals surface area contributed by atoms with Crippen LogP contribution in [0.1, 0.15) is 31.3 Å². The van der Waals surface area contributed by atoms with Gasteiger partial charge in [-0.05, 0) is 18.6 Å². The van der Waals surface area contributed by atoms with Gasteiger partial charge in [0.15, 0.2) is 5.96 Å². The molecule has 0 radical (unpaired) electrons. The average molecular weight is 463 g/mol. The fraction of sp³-hybridized carbons (Fsp3) is 0.438. The summed E-state index contributed by atoms with van der Waals surface area (Å²) in [5, 5.41) is 15.4. The first-order chi connectivity index (χ1) is 11.2. The molecule has 6 nitrogen and oxygen atoms in total. The highest BCUT2D eigenvalue weighted by molar-refractivity contribution is 14.0. The zero-order valence-corrected chi connectivity index (χ0v) is 17.2. The van der Waals surface area contributed by atoms with E-state index in [0.29, 0.717) is 0 Å². The van der Waals surface area contributed by atoms with Crippen LogP contribution < -0.4 is 10.6 Å². The van der Waals surface area contributed by atoms with E-state index >= 15 is 0 Å². The van der Waals surface area contributed by atoms with Crippen molar-refractivity contribution in [2.45, 2.75) is 32.9 Å². The lowest BCUT2D eigenvalue weighted by Crippen LogP contribution is -2.40. The molecule has 0 saturated carbocycles. The maximum Gasteiger partial charge on any atom is 0.191 e. The number of aromatic nitrogens is 3. The van der Waals surface area contributed by atoms with Crippen LogP contribution in [-0.2, 0) is 13.0 Å². The molecule has 2 rings (SSSR count). The van der Waals surface area contributed by atoms with Gasteiger partial charge in [0, 0.05) is 31.6 Å². The molecule has 1 aromatic carbocycles. The molecule has 0 aliphatic carbocycles. The molecule has 0 amide bonds. The molecular weight excluding hydrogens is 439 g/mol. The van der Waals surface area contributed by atoms with Crippen LogP contribution in [-0.4, -0.2) is 34.3 Å². The lowest BCUT2D eigenvalue weighted by molar-refractivity contribution is 0.620. The average Bonchev–Trinajstić information content (AvgIpc) is 3.01. The Morgan fingerprint density at radius 1 is 1.38 bits per heavy atom. The second-order valence-electron chi connectivity index (χ2n) is 5.18. The van der Waals surface area contributed by atoms with Crippen molar-refractivity contribution in [3.63, 3.8) is 0 Å². The summed E-state index contributed by atoms with van der Waals surface area (Å²) >= 11 is 6.23. The second-order valence-corrected chi connectivity index (χ2v) is 5.59. The van der Waals surface area contributed by atoms with E-state index in [0.717, 1.165) is 41.9 Å². The van der Waals surface area contributed by atoms with E-state index in [9.17, 15) is 0 Å². The molecular formula is C16H24ClIN6. The van der Waals surface area contributed by atoms with Gasteiger partial charge in [-0.25, -0.2) is 0 Å². The minimum atomic E-state index is 0. The van der Waals surface area contributed by atoms with Crippen molar-refractivity contribution in [2.75, 3.05) is 13.6 Å². The van der Waals surface area contributed by atoms with E-state index in [4.69, 9.17) is 11.6 Å². The lowest BCUT2D eigenvalue weighted by atomic mass is 10.1. The number of hydrogen-bond acceptors (Lipinski definition) is 3. The molecule has 132 valence electrons.